The van der Waals surface area contributed by atoms with Gasteiger partial charge in [0.15, 0.2) is 5.82 Å². The maximum Gasteiger partial charge on any atom is 0.319 e. The smallest absolute Gasteiger partial charge is 0.319 e. The highest BCUT2D eigenvalue weighted by Crippen LogP contribution is 2.34. The van der Waals surface area contributed by atoms with Crippen LogP contribution in [-0.4, -0.2) is 47.3 Å². The molecule has 36 heavy (non-hydrogen) atoms. The molecular weight excluding hydrogens is 456 g/mol. The Hall–Kier alpha value is -3.85. The zero-order valence-electron chi connectivity index (χ0n) is 21.1. The average Bonchev–Trinajstić information content (AvgIpc) is 3.18. The fourth-order valence-corrected chi connectivity index (χ4v) is 4.37. The molecule has 0 aliphatic carbocycles. The topological polar surface area (TPSA) is 116 Å². The van der Waals surface area contributed by atoms with E-state index < -0.39 is 0 Å². The van der Waals surface area contributed by atoms with Crippen LogP contribution in [0.3, 0.4) is 0 Å². The van der Waals surface area contributed by atoms with Crippen LogP contribution in [0.4, 0.5) is 11.8 Å². The zero-order valence-corrected chi connectivity index (χ0v) is 21.1. The predicted octanol–water partition coefficient (Wildman–Crippen LogP) is 4.09. The number of carbonyl (C=O) groups is 1. The number of unbranched alkanes of at least 4 members (excludes halogenated alkanes) is 1. The molecule has 0 aliphatic rings. The summed E-state index contributed by atoms with van der Waals surface area (Å²) in [6, 6.07) is 14.2. The number of benzene rings is 2. The van der Waals surface area contributed by atoms with E-state index in [1.807, 2.05) is 24.3 Å². The fourth-order valence-electron chi connectivity index (χ4n) is 4.37. The van der Waals surface area contributed by atoms with E-state index in [0.717, 1.165) is 64.0 Å². The third-order valence-electron chi connectivity index (χ3n) is 6.02. The second-order valence-electron chi connectivity index (χ2n) is 8.57. The molecule has 4 N–H and O–H groups in total. The number of fused-ring (bicyclic) bond motifs is 3. The molecule has 9 nitrogen and oxygen atoms in total. The molecule has 4 aromatic rings. The Morgan fingerprint density at radius 3 is 2.75 bits per heavy atom. The van der Waals surface area contributed by atoms with Crippen molar-refractivity contribution in [2.45, 2.75) is 39.8 Å². The lowest BCUT2D eigenvalue weighted by molar-refractivity contribution is -0.142. The number of nitrogens with two attached hydrogens (primary N) is 1. The summed E-state index contributed by atoms with van der Waals surface area (Å²) in [5.41, 5.74) is 10.9. The lowest BCUT2D eigenvalue weighted by Crippen LogP contribution is -2.24. The van der Waals surface area contributed by atoms with Crippen molar-refractivity contribution in [1.29, 1.82) is 0 Å². The quantitative estimate of drug-likeness (QED) is 0.201. The summed E-state index contributed by atoms with van der Waals surface area (Å²) < 4.78 is 12.9. The molecule has 0 spiro atoms. The van der Waals surface area contributed by atoms with Gasteiger partial charge in [-0.15, -0.1) is 0 Å². The highest BCUT2D eigenvalue weighted by molar-refractivity contribution is 6.09. The van der Waals surface area contributed by atoms with Crippen LogP contribution in [-0.2, 0) is 22.6 Å². The number of carbonyl (C=O) groups excluding carboxylic acids is 1. The normalized spacial score (nSPS) is 11.2. The second-order valence-corrected chi connectivity index (χ2v) is 8.57. The monoisotopic (exact) mass is 490 g/mol. The standard InChI is InChI=1S/C27H34N6O3/c1-4-6-13-30-26-25-24(31-27(28)32-26)20-9-7-8-10-21(20)33(25)17-19-14-18(11-12-22(19)35-3)15-29-16-23(34)36-5-2/h7-12,14,29H,4-6,13,15-17H2,1-3H3,(H3,28,30,31,32). The molecule has 0 saturated heterocycles. The molecule has 2 aromatic heterocycles. The van der Waals surface area contributed by atoms with Gasteiger partial charge in [0.05, 0.1) is 32.3 Å². The van der Waals surface area contributed by atoms with E-state index in [-0.39, 0.29) is 18.5 Å². The Bertz CT molecular complexity index is 1350. The van der Waals surface area contributed by atoms with E-state index in [9.17, 15) is 4.79 Å². The number of aromatic nitrogens is 3. The van der Waals surface area contributed by atoms with Crippen molar-refractivity contribution in [2.75, 3.05) is 37.9 Å². The van der Waals surface area contributed by atoms with E-state index in [1.165, 1.54) is 0 Å². The SMILES string of the molecule is CCCCNc1nc(N)nc2c3ccccc3n(Cc3cc(CNCC(=O)OCC)ccc3OC)c12. The Kier molecular flexibility index (Phi) is 8.22. The second kappa shape index (κ2) is 11.7. The van der Waals surface area contributed by atoms with Gasteiger partial charge in [0.1, 0.15) is 16.8 Å². The molecule has 2 heterocycles. The lowest BCUT2D eigenvalue weighted by atomic mass is 10.1. The van der Waals surface area contributed by atoms with Crippen molar-refractivity contribution < 1.29 is 14.3 Å². The summed E-state index contributed by atoms with van der Waals surface area (Å²) in [5.74, 6) is 1.50. The number of anilines is 2. The Labute approximate surface area is 211 Å². The van der Waals surface area contributed by atoms with Crippen LogP contribution >= 0.6 is 0 Å². The Morgan fingerprint density at radius 1 is 1.14 bits per heavy atom. The summed E-state index contributed by atoms with van der Waals surface area (Å²) in [5, 5.41) is 7.64. The highest BCUT2D eigenvalue weighted by atomic mass is 16.5. The zero-order chi connectivity index (χ0) is 25.5. The number of methoxy groups -OCH3 is 1. The van der Waals surface area contributed by atoms with Gasteiger partial charge in [-0.1, -0.05) is 37.6 Å². The van der Waals surface area contributed by atoms with Gasteiger partial charge in [-0.2, -0.15) is 4.98 Å². The number of nitrogens with one attached hydrogen (secondary N) is 2. The number of hydrogen-bond acceptors (Lipinski definition) is 8. The molecule has 2 aromatic carbocycles. The number of para-hydroxylation sites is 1. The summed E-state index contributed by atoms with van der Waals surface area (Å²) in [6.45, 7) is 6.37. The van der Waals surface area contributed by atoms with Crippen molar-refractivity contribution in [3.8, 4) is 5.75 Å². The number of ether oxygens (including phenoxy) is 2. The maximum absolute atomic E-state index is 11.7. The fraction of sp³-hybridized carbons (Fsp3) is 0.370. The van der Waals surface area contributed by atoms with Gasteiger partial charge in [-0.05, 0) is 37.1 Å². The van der Waals surface area contributed by atoms with Gasteiger partial charge < -0.3 is 30.4 Å². The molecule has 0 saturated carbocycles. The first-order valence-electron chi connectivity index (χ1n) is 12.4. The summed E-state index contributed by atoms with van der Waals surface area (Å²) >= 11 is 0. The van der Waals surface area contributed by atoms with Crippen LogP contribution in [0.5, 0.6) is 5.75 Å². The maximum atomic E-state index is 11.7. The minimum Gasteiger partial charge on any atom is -0.496 e. The van der Waals surface area contributed by atoms with Gasteiger partial charge in [-0.25, -0.2) is 4.98 Å². The van der Waals surface area contributed by atoms with Gasteiger partial charge in [0.25, 0.3) is 0 Å². The van der Waals surface area contributed by atoms with Crippen LogP contribution in [0.25, 0.3) is 21.9 Å². The van der Waals surface area contributed by atoms with Gasteiger partial charge in [0.2, 0.25) is 5.95 Å². The van der Waals surface area contributed by atoms with Crippen LogP contribution in [0.15, 0.2) is 42.5 Å². The number of rotatable bonds is 12. The van der Waals surface area contributed by atoms with Crippen LogP contribution in [0, 0.1) is 0 Å². The number of nitrogens with zero attached hydrogens (tertiary/aromatic N) is 3. The molecule has 0 fully saturated rings. The van der Waals surface area contributed by atoms with E-state index in [0.29, 0.717) is 19.7 Å². The molecular formula is C27H34N6O3. The molecule has 0 unspecified atom stereocenters. The molecule has 190 valence electrons. The first-order valence-corrected chi connectivity index (χ1v) is 12.4. The van der Waals surface area contributed by atoms with E-state index in [4.69, 9.17) is 15.2 Å². The molecule has 0 atom stereocenters. The average molecular weight is 491 g/mol. The number of hydrogen-bond donors (Lipinski definition) is 3. The number of esters is 1. The predicted molar refractivity (Wildman–Crippen MR) is 143 cm³/mol. The minimum atomic E-state index is -0.265. The first kappa shape index (κ1) is 25.2. The first-order chi connectivity index (χ1) is 17.5. The van der Waals surface area contributed by atoms with Crippen LogP contribution in [0.1, 0.15) is 37.8 Å². The van der Waals surface area contributed by atoms with Crippen molar-refractivity contribution >= 4 is 39.7 Å². The van der Waals surface area contributed by atoms with E-state index >= 15 is 0 Å². The van der Waals surface area contributed by atoms with E-state index in [1.54, 1.807) is 14.0 Å². The summed E-state index contributed by atoms with van der Waals surface area (Å²) in [4.78, 5) is 20.8. The van der Waals surface area contributed by atoms with Gasteiger partial charge in [0, 0.05) is 24.0 Å². The Morgan fingerprint density at radius 2 is 1.97 bits per heavy atom. The molecule has 9 heteroatoms. The van der Waals surface area contributed by atoms with Crippen LogP contribution in [0.2, 0.25) is 0 Å². The number of nitrogen functional groups attached to an aromatic ring is 1. The third kappa shape index (κ3) is 5.52. The van der Waals surface area contributed by atoms with E-state index in [2.05, 4.69) is 50.3 Å². The Balaban J connectivity index is 1.73. The largest absolute Gasteiger partial charge is 0.496 e. The van der Waals surface area contributed by atoms with Crippen molar-refractivity contribution in [2.24, 2.45) is 0 Å². The van der Waals surface area contributed by atoms with Crippen molar-refractivity contribution in [3.05, 3.63) is 53.6 Å². The van der Waals surface area contributed by atoms with Crippen molar-refractivity contribution in [1.82, 2.24) is 19.9 Å². The molecule has 0 amide bonds. The minimum absolute atomic E-state index is 0.160. The third-order valence-corrected chi connectivity index (χ3v) is 6.02. The summed E-state index contributed by atoms with van der Waals surface area (Å²) in [6.07, 6.45) is 2.11. The molecule has 0 radical (unpaired) electrons. The van der Waals surface area contributed by atoms with Gasteiger partial charge in [-0.3, -0.25) is 4.79 Å². The van der Waals surface area contributed by atoms with Crippen molar-refractivity contribution in [3.63, 3.8) is 0 Å². The highest BCUT2D eigenvalue weighted by Gasteiger charge is 2.19. The molecule has 4 rings (SSSR count). The van der Waals surface area contributed by atoms with Gasteiger partial charge >= 0.3 is 5.97 Å². The molecule has 0 bridgehead atoms. The van der Waals surface area contributed by atoms with Crippen LogP contribution < -0.4 is 21.1 Å². The summed E-state index contributed by atoms with van der Waals surface area (Å²) in [7, 11) is 1.67. The molecule has 0 aliphatic heterocycles. The lowest BCUT2D eigenvalue weighted by Gasteiger charge is -2.15.